The molecule has 0 fully saturated rings. The number of benzene rings is 2. The summed E-state index contributed by atoms with van der Waals surface area (Å²) in [5.74, 6) is -0.901. The van der Waals surface area contributed by atoms with Crippen LogP contribution in [0.25, 0.3) is 11.1 Å². The Bertz CT molecular complexity index is 541. The van der Waals surface area contributed by atoms with E-state index in [-0.39, 0.29) is 0 Å². The number of methoxy groups -OCH3 is 1. The van der Waals surface area contributed by atoms with Crippen LogP contribution in [0.5, 0.6) is 0 Å². The lowest BCUT2D eigenvalue weighted by Gasteiger charge is -2.05. The van der Waals surface area contributed by atoms with Crippen LogP contribution in [0.1, 0.15) is 15.9 Å². The van der Waals surface area contributed by atoms with E-state index in [1.165, 1.54) is 5.56 Å². The summed E-state index contributed by atoms with van der Waals surface area (Å²) < 4.78 is 5.04. The van der Waals surface area contributed by atoms with Crippen molar-refractivity contribution in [1.82, 2.24) is 0 Å². The molecule has 0 bridgehead atoms. The highest BCUT2D eigenvalue weighted by molar-refractivity contribution is 5.88. The smallest absolute Gasteiger partial charge is 0.335 e. The largest absolute Gasteiger partial charge is 0.478 e. The molecule has 0 spiro atoms. The van der Waals surface area contributed by atoms with Gasteiger partial charge < -0.3 is 9.84 Å². The maximum atomic E-state index is 10.8. The quantitative estimate of drug-likeness (QED) is 0.893. The first-order chi connectivity index (χ1) is 9.20. The van der Waals surface area contributed by atoms with Crippen LogP contribution in [0.15, 0.2) is 48.5 Å². The highest BCUT2D eigenvalue weighted by Gasteiger charge is 2.03. The summed E-state index contributed by atoms with van der Waals surface area (Å²) in [4.78, 5) is 10.8. The number of hydrogen-bond acceptors (Lipinski definition) is 2. The number of rotatable bonds is 5. The lowest BCUT2D eigenvalue weighted by atomic mass is 10.0. The van der Waals surface area contributed by atoms with Gasteiger partial charge >= 0.3 is 5.97 Å². The molecular formula is C16H16O3. The van der Waals surface area contributed by atoms with Crippen molar-refractivity contribution in [3.05, 3.63) is 59.7 Å². The average molecular weight is 256 g/mol. The van der Waals surface area contributed by atoms with Gasteiger partial charge in [0.15, 0.2) is 0 Å². The zero-order valence-electron chi connectivity index (χ0n) is 10.8. The van der Waals surface area contributed by atoms with Crippen LogP contribution >= 0.6 is 0 Å². The van der Waals surface area contributed by atoms with E-state index in [9.17, 15) is 4.79 Å². The molecule has 0 heterocycles. The number of carboxylic acids is 1. The van der Waals surface area contributed by atoms with Gasteiger partial charge in [0.1, 0.15) is 0 Å². The van der Waals surface area contributed by atoms with Crippen LogP contribution in [0.4, 0.5) is 0 Å². The number of ether oxygens (including phenoxy) is 1. The Morgan fingerprint density at radius 3 is 2.00 bits per heavy atom. The van der Waals surface area contributed by atoms with Crippen molar-refractivity contribution in [3.63, 3.8) is 0 Å². The molecule has 2 aromatic rings. The number of carboxylic acid groups (broad SMARTS) is 1. The Kier molecular flexibility index (Phi) is 4.31. The molecule has 0 amide bonds. The van der Waals surface area contributed by atoms with Crippen molar-refractivity contribution in [2.75, 3.05) is 13.7 Å². The Morgan fingerprint density at radius 1 is 1.00 bits per heavy atom. The monoisotopic (exact) mass is 256 g/mol. The minimum Gasteiger partial charge on any atom is -0.478 e. The van der Waals surface area contributed by atoms with E-state index >= 15 is 0 Å². The van der Waals surface area contributed by atoms with Crippen LogP contribution in [0, 0.1) is 0 Å². The molecule has 2 aromatic carbocycles. The normalized spacial score (nSPS) is 10.4. The van der Waals surface area contributed by atoms with Gasteiger partial charge in [-0.1, -0.05) is 36.4 Å². The van der Waals surface area contributed by atoms with Gasteiger partial charge in [-0.05, 0) is 35.2 Å². The first-order valence-electron chi connectivity index (χ1n) is 6.12. The molecule has 0 aliphatic heterocycles. The van der Waals surface area contributed by atoms with Crippen LogP contribution < -0.4 is 0 Å². The van der Waals surface area contributed by atoms with E-state index in [4.69, 9.17) is 9.84 Å². The second-order valence-corrected chi connectivity index (χ2v) is 4.32. The molecule has 98 valence electrons. The molecule has 2 rings (SSSR count). The first-order valence-corrected chi connectivity index (χ1v) is 6.12. The van der Waals surface area contributed by atoms with Crippen molar-refractivity contribution in [1.29, 1.82) is 0 Å². The molecule has 0 aliphatic carbocycles. The molecule has 0 radical (unpaired) electrons. The minimum atomic E-state index is -0.901. The fourth-order valence-electron chi connectivity index (χ4n) is 1.89. The van der Waals surface area contributed by atoms with E-state index in [0.29, 0.717) is 12.2 Å². The number of aromatic carboxylic acids is 1. The molecule has 0 aromatic heterocycles. The Balaban J connectivity index is 2.15. The van der Waals surface area contributed by atoms with Crippen LogP contribution in [-0.4, -0.2) is 24.8 Å². The van der Waals surface area contributed by atoms with Crippen LogP contribution in [-0.2, 0) is 11.2 Å². The summed E-state index contributed by atoms with van der Waals surface area (Å²) >= 11 is 0. The molecule has 0 saturated carbocycles. The molecule has 0 atom stereocenters. The van der Waals surface area contributed by atoms with Gasteiger partial charge in [-0.25, -0.2) is 4.79 Å². The number of hydrogen-bond donors (Lipinski definition) is 1. The van der Waals surface area contributed by atoms with Gasteiger partial charge in [0, 0.05) is 7.11 Å². The highest BCUT2D eigenvalue weighted by atomic mass is 16.5. The third kappa shape index (κ3) is 3.42. The standard InChI is InChI=1S/C16H16O3/c1-19-11-10-12-2-4-13(5-3-12)14-6-8-15(9-7-14)16(17)18/h2-9H,10-11H2,1H3,(H,17,18). The zero-order chi connectivity index (χ0) is 13.7. The van der Waals surface area contributed by atoms with E-state index < -0.39 is 5.97 Å². The van der Waals surface area contributed by atoms with Crippen molar-refractivity contribution in [2.45, 2.75) is 6.42 Å². The van der Waals surface area contributed by atoms with Gasteiger partial charge in [0.05, 0.1) is 12.2 Å². The maximum absolute atomic E-state index is 10.8. The fourth-order valence-corrected chi connectivity index (χ4v) is 1.89. The molecule has 0 aliphatic rings. The molecule has 1 N–H and O–H groups in total. The number of carbonyl (C=O) groups is 1. The van der Waals surface area contributed by atoms with Crippen molar-refractivity contribution in [3.8, 4) is 11.1 Å². The van der Waals surface area contributed by atoms with Crippen LogP contribution in [0.2, 0.25) is 0 Å². The van der Waals surface area contributed by atoms with Crippen LogP contribution in [0.3, 0.4) is 0 Å². The zero-order valence-corrected chi connectivity index (χ0v) is 10.8. The summed E-state index contributed by atoms with van der Waals surface area (Å²) in [6, 6.07) is 15.1. The highest BCUT2D eigenvalue weighted by Crippen LogP contribution is 2.20. The summed E-state index contributed by atoms with van der Waals surface area (Å²) in [6.07, 6.45) is 0.898. The predicted octanol–water partition coefficient (Wildman–Crippen LogP) is 3.24. The summed E-state index contributed by atoms with van der Waals surface area (Å²) in [7, 11) is 1.69. The van der Waals surface area contributed by atoms with Crippen molar-refractivity contribution < 1.29 is 14.6 Å². The minimum absolute atomic E-state index is 0.306. The third-order valence-corrected chi connectivity index (χ3v) is 3.01. The molecular weight excluding hydrogens is 240 g/mol. The lowest BCUT2D eigenvalue weighted by Crippen LogP contribution is -1.95. The first kappa shape index (κ1) is 13.3. The van der Waals surface area contributed by atoms with E-state index in [2.05, 4.69) is 12.1 Å². The van der Waals surface area contributed by atoms with Crippen molar-refractivity contribution >= 4 is 5.97 Å². The van der Waals surface area contributed by atoms with Gasteiger partial charge in [0.2, 0.25) is 0 Å². The molecule has 3 heteroatoms. The van der Waals surface area contributed by atoms with Gasteiger partial charge in [-0.3, -0.25) is 0 Å². The van der Waals surface area contributed by atoms with Gasteiger partial charge in [-0.15, -0.1) is 0 Å². The molecule has 0 saturated heterocycles. The molecule has 0 unspecified atom stereocenters. The summed E-state index contributed by atoms with van der Waals surface area (Å²) in [6.45, 7) is 0.715. The van der Waals surface area contributed by atoms with E-state index in [1.807, 2.05) is 24.3 Å². The fraction of sp³-hybridized carbons (Fsp3) is 0.188. The third-order valence-electron chi connectivity index (χ3n) is 3.01. The predicted molar refractivity (Wildman–Crippen MR) is 74.4 cm³/mol. The Hall–Kier alpha value is -2.13. The second-order valence-electron chi connectivity index (χ2n) is 4.32. The summed E-state index contributed by atoms with van der Waals surface area (Å²) in [5, 5.41) is 8.85. The average Bonchev–Trinajstić information content (AvgIpc) is 2.46. The Morgan fingerprint density at radius 2 is 1.53 bits per heavy atom. The summed E-state index contributed by atoms with van der Waals surface area (Å²) in [5.41, 5.74) is 3.63. The maximum Gasteiger partial charge on any atom is 0.335 e. The lowest BCUT2D eigenvalue weighted by molar-refractivity contribution is 0.0697. The molecule has 19 heavy (non-hydrogen) atoms. The van der Waals surface area contributed by atoms with E-state index in [1.54, 1.807) is 19.2 Å². The van der Waals surface area contributed by atoms with Gasteiger partial charge in [-0.2, -0.15) is 0 Å². The topological polar surface area (TPSA) is 46.5 Å². The van der Waals surface area contributed by atoms with Gasteiger partial charge in [0.25, 0.3) is 0 Å². The molecule has 3 nitrogen and oxygen atoms in total. The van der Waals surface area contributed by atoms with E-state index in [0.717, 1.165) is 17.5 Å². The van der Waals surface area contributed by atoms with Crippen molar-refractivity contribution in [2.24, 2.45) is 0 Å². The Labute approximate surface area is 112 Å². The second kappa shape index (κ2) is 6.16. The SMILES string of the molecule is COCCc1ccc(-c2ccc(C(=O)O)cc2)cc1.